The van der Waals surface area contributed by atoms with Crippen molar-refractivity contribution in [3.05, 3.63) is 26.8 Å². The van der Waals surface area contributed by atoms with Crippen LogP contribution in [0.25, 0.3) is 6.08 Å². The Morgan fingerprint density at radius 3 is 2.08 bits per heavy atom. The summed E-state index contributed by atoms with van der Waals surface area (Å²) in [5, 5.41) is 0. The highest BCUT2D eigenvalue weighted by atomic mass is 127. The summed E-state index contributed by atoms with van der Waals surface area (Å²) in [4.78, 5) is 38.2. The molecule has 7 nitrogen and oxygen atoms in total. The second-order valence-corrected chi connectivity index (χ2v) is 6.43. The molecule has 1 aromatic rings. The van der Waals surface area contributed by atoms with Gasteiger partial charge in [0.25, 0.3) is 11.8 Å². The molecule has 8 heteroatoms. The average Bonchev–Trinajstić information content (AvgIpc) is 2.58. The average molecular weight is 458 g/mol. The number of carbonyl (C=O) groups is 3. The highest BCUT2D eigenvalue weighted by Crippen LogP contribution is 2.35. The van der Waals surface area contributed by atoms with Gasteiger partial charge in [0.1, 0.15) is 5.57 Å². The van der Waals surface area contributed by atoms with Gasteiger partial charge in [-0.05, 0) is 60.2 Å². The maximum absolute atomic E-state index is 12.3. The Morgan fingerprint density at radius 2 is 1.56 bits per heavy atom. The van der Waals surface area contributed by atoms with Crippen LogP contribution in [0.5, 0.6) is 11.5 Å². The highest BCUT2D eigenvalue weighted by molar-refractivity contribution is 14.1. The molecule has 1 aromatic carbocycles. The van der Waals surface area contributed by atoms with Gasteiger partial charge in [-0.25, -0.2) is 4.79 Å². The van der Waals surface area contributed by atoms with Crippen molar-refractivity contribution in [2.45, 2.75) is 13.8 Å². The van der Waals surface area contributed by atoms with E-state index in [9.17, 15) is 14.4 Å². The third kappa shape index (κ3) is 3.78. The molecule has 25 heavy (non-hydrogen) atoms. The minimum atomic E-state index is -0.650. The Morgan fingerprint density at radius 1 is 1.00 bits per heavy atom. The number of halogens is 1. The molecular weight excluding hydrogens is 439 g/mol. The Bertz CT molecular complexity index is 734. The molecule has 4 amide bonds. The minimum absolute atomic E-state index is 0.0768. The fourth-order valence-corrected chi connectivity index (χ4v) is 3.14. The van der Waals surface area contributed by atoms with Crippen LogP contribution in [-0.4, -0.2) is 55.0 Å². The maximum Gasteiger partial charge on any atom is 0.333 e. The number of carbonyl (C=O) groups excluding carboxylic acids is 3. The van der Waals surface area contributed by atoms with E-state index in [0.29, 0.717) is 30.3 Å². The molecule has 0 aliphatic carbocycles. The van der Waals surface area contributed by atoms with Crippen LogP contribution in [0.2, 0.25) is 0 Å². The molecule has 1 saturated heterocycles. The number of likely N-dealkylation sites (N-methyl/N-ethyl adjacent to an activating group) is 2. The van der Waals surface area contributed by atoms with Crippen LogP contribution in [0.3, 0.4) is 0 Å². The quantitative estimate of drug-likeness (QED) is 0.385. The molecule has 0 unspecified atom stereocenters. The summed E-state index contributed by atoms with van der Waals surface area (Å²) >= 11 is 2.11. The second kappa shape index (κ2) is 7.85. The molecule has 2 rings (SSSR count). The zero-order valence-corrected chi connectivity index (χ0v) is 16.6. The predicted molar refractivity (Wildman–Crippen MR) is 100 cm³/mol. The molecule has 1 aliphatic rings. The number of benzene rings is 1. The van der Waals surface area contributed by atoms with Gasteiger partial charge in [-0.1, -0.05) is 0 Å². The molecule has 0 saturated carbocycles. The van der Waals surface area contributed by atoms with Gasteiger partial charge in [-0.15, -0.1) is 0 Å². The fourth-order valence-electron chi connectivity index (χ4n) is 2.36. The molecule has 0 N–H and O–H groups in total. The van der Waals surface area contributed by atoms with E-state index >= 15 is 0 Å². The lowest BCUT2D eigenvalue weighted by Gasteiger charge is -2.28. The van der Waals surface area contributed by atoms with E-state index < -0.39 is 17.8 Å². The van der Waals surface area contributed by atoms with E-state index in [1.54, 1.807) is 12.1 Å². The number of urea groups is 1. The molecular formula is C17H19IN2O5. The number of amides is 4. The van der Waals surface area contributed by atoms with Crippen molar-refractivity contribution < 1.29 is 23.9 Å². The van der Waals surface area contributed by atoms with E-state index in [4.69, 9.17) is 9.47 Å². The molecule has 0 bridgehead atoms. The van der Waals surface area contributed by atoms with Crippen LogP contribution in [0.4, 0.5) is 4.79 Å². The van der Waals surface area contributed by atoms with Crippen LogP contribution >= 0.6 is 22.6 Å². The number of barbiturate groups is 1. The summed E-state index contributed by atoms with van der Waals surface area (Å²) in [5.74, 6) is -0.0979. The van der Waals surface area contributed by atoms with Crippen molar-refractivity contribution in [1.29, 1.82) is 0 Å². The predicted octanol–water partition coefficient (Wildman–Crippen LogP) is 2.52. The molecule has 1 fully saturated rings. The van der Waals surface area contributed by atoms with Crippen molar-refractivity contribution in [1.82, 2.24) is 9.80 Å². The van der Waals surface area contributed by atoms with Crippen molar-refractivity contribution in [2.24, 2.45) is 0 Å². The molecule has 0 atom stereocenters. The van der Waals surface area contributed by atoms with Gasteiger partial charge in [0, 0.05) is 14.1 Å². The fraction of sp³-hybridized carbons (Fsp3) is 0.353. The maximum atomic E-state index is 12.3. The zero-order chi connectivity index (χ0) is 18.7. The number of hydrogen-bond acceptors (Lipinski definition) is 5. The molecule has 0 aromatic heterocycles. The van der Waals surface area contributed by atoms with Crippen molar-refractivity contribution >= 4 is 46.5 Å². The third-order valence-electron chi connectivity index (χ3n) is 3.58. The van der Waals surface area contributed by atoms with Crippen LogP contribution in [0.1, 0.15) is 19.4 Å². The van der Waals surface area contributed by atoms with Crippen molar-refractivity contribution in [3.63, 3.8) is 0 Å². The summed E-state index contributed by atoms with van der Waals surface area (Å²) in [5.41, 5.74) is 0.538. The van der Waals surface area contributed by atoms with Gasteiger partial charge in [-0.3, -0.25) is 19.4 Å². The van der Waals surface area contributed by atoms with Gasteiger partial charge in [-0.2, -0.15) is 0 Å². The lowest BCUT2D eigenvalue weighted by atomic mass is 10.1. The Labute approximate surface area is 159 Å². The smallest absolute Gasteiger partial charge is 0.333 e. The van der Waals surface area contributed by atoms with Crippen LogP contribution in [0.15, 0.2) is 17.7 Å². The Hall–Kier alpha value is -2.10. The number of nitrogens with zero attached hydrogens (tertiary/aromatic N) is 2. The molecule has 134 valence electrons. The molecule has 0 spiro atoms. The van der Waals surface area contributed by atoms with E-state index in [1.807, 2.05) is 13.8 Å². The number of ether oxygens (including phenoxy) is 2. The van der Waals surface area contributed by atoms with E-state index in [0.717, 1.165) is 13.4 Å². The second-order valence-electron chi connectivity index (χ2n) is 5.26. The van der Waals surface area contributed by atoms with Gasteiger partial charge in [0.15, 0.2) is 11.5 Å². The number of rotatable bonds is 5. The molecule has 1 heterocycles. The van der Waals surface area contributed by atoms with Gasteiger partial charge < -0.3 is 9.47 Å². The van der Waals surface area contributed by atoms with Gasteiger partial charge in [0.2, 0.25) is 0 Å². The summed E-state index contributed by atoms with van der Waals surface area (Å²) < 4.78 is 12.0. The summed E-state index contributed by atoms with van der Waals surface area (Å²) in [6.45, 7) is 4.68. The van der Waals surface area contributed by atoms with Crippen LogP contribution in [0, 0.1) is 3.57 Å². The van der Waals surface area contributed by atoms with Crippen molar-refractivity contribution in [3.8, 4) is 11.5 Å². The van der Waals surface area contributed by atoms with E-state index in [2.05, 4.69) is 22.6 Å². The molecule has 1 aliphatic heterocycles. The van der Waals surface area contributed by atoms with Gasteiger partial charge >= 0.3 is 6.03 Å². The largest absolute Gasteiger partial charge is 0.490 e. The monoisotopic (exact) mass is 458 g/mol. The minimum Gasteiger partial charge on any atom is -0.490 e. The van der Waals surface area contributed by atoms with Crippen LogP contribution in [-0.2, 0) is 9.59 Å². The summed E-state index contributed by atoms with van der Waals surface area (Å²) in [7, 11) is 2.68. The highest BCUT2D eigenvalue weighted by Gasteiger charge is 2.37. The Kier molecular flexibility index (Phi) is 6.04. The lowest BCUT2D eigenvalue weighted by molar-refractivity contribution is -0.134. The normalized spacial score (nSPS) is 14.9. The van der Waals surface area contributed by atoms with Crippen LogP contribution < -0.4 is 9.47 Å². The molecule has 0 radical (unpaired) electrons. The van der Waals surface area contributed by atoms with Crippen molar-refractivity contribution in [2.75, 3.05) is 27.3 Å². The lowest BCUT2D eigenvalue weighted by Crippen LogP contribution is -2.52. The van der Waals surface area contributed by atoms with E-state index in [1.165, 1.54) is 20.2 Å². The summed E-state index contributed by atoms with van der Waals surface area (Å²) in [6.07, 6.45) is 1.46. The first-order chi connectivity index (χ1) is 11.8. The summed E-state index contributed by atoms with van der Waals surface area (Å²) in [6, 6.07) is 2.85. The third-order valence-corrected chi connectivity index (χ3v) is 4.38. The SMILES string of the molecule is CCOc1cc(C=C2C(=O)N(C)C(=O)N(C)C2=O)cc(I)c1OCC. The zero-order valence-electron chi connectivity index (χ0n) is 14.5. The first kappa shape index (κ1) is 19.2. The standard InChI is InChI=1S/C17H19IN2O5/c1-5-24-13-9-10(8-12(18)14(13)25-6-2)7-11-15(21)19(3)17(23)20(4)16(11)22/h7-9H,5-6H2,1-4H3. The topological polar surface area (TPSA) is 76.2 Å². The Balaban J connectivity index is 2.51. The first-order valence-electron chi connectivity index (χ1n) is 7.72. The number of hydrogen-bond donors (Lipinski definition) is 0. The van der Waals surface area contributed by atoms with Gasteiger partial charge in [0.05, 0.1) is 16.8 Å². The first-order valence-corrected chi connectivity index (χ1v) is 8.80. The van der Waals surface area contributed by atoms with E-state index in [-0.39, 0.29) is 5.57 Å². The number of imide groups is 2.